The van der Waals surface area contributed by atoms with E-state index in [4.69, 9.17) is 4.74 Å². The highest BCUT2D eigenvalue weighted by molar-refractivity contribution is 5.80. The van der Waals surface area contributed by atoms with E-state index in [0.29, 0.717) is 13.2 Å². The zero-order chi connectivity index (χ0) is 18.0. The van der Waals surface area contributed by atoms with Crippen molar-refractivity contribution in [2.45, 2.75) is 45.7 Å². The van der Waals surface area contributed by atoms with E-state index in [2.05, 4.69) is 11.0 Å². The first kappa shape index (κ1) is 17.7. The zero-order valence-electron chi connectivity index (χ0n) is 15.2. The number of nitrogens with zero attached hydrogens (tertiary/aromatic N) is 2. The number of likely N-dealkylation sites (tertiary alicyclic amines) is 1. The number of hydrogen-bond acceptors (Lipinski definition) is 4. The van der Waals surface area contributed by atoms with Crippen LogP contribution in [0.3, 0.4) is 0 Å². The molecule has 0 bridgehead atoms. The predicted octanol–water partition coefficient (Wildman–Crippen LogP) is 2.76. The molecule has 1 aromatic heterocycles. The molecule has 1 fully saturated rings. The number of fused-ring (bicyclic) bond motifs is 1. The minimum atomic E-state index is -0.244. The number of ether oxygens (including phenoxy) is 1. The van der Waals surface area contributed by atoms with Crippen LogP contribution in [0.25, 0.3) is 10.9 Å². The summed E-state index contributed by atoms with van der Waals surface area (Å²) in [5.74, 6) is -0.171. The van der Waals surface area contributed by atoms with Gasteiger partial charge in [-0.15, -0.1) is 0 Å². The molecular formula is C20H26N2O3. The van der Waals surface area contributed by atoms with Crippen LogP contribution in [0, 0.1) is 6.92 Å². The minimum Gasteiger partial charge on any atom is -0.465 e. The maximum Gasteiger partial charge on any atom is 0.323 e. The number of carbonyl (C=O) groups excluding carboxylic acids is 1. The second kappa shape index (κ2) is 7.40. The molecule has 0 spiro atoms. The molecule has 5 heteroatoms. The molecule has 25 heavy (non-hydrogen) atoms. The van der Waals surface area contributed by atoms with Crippen LogP contribution in [-0.2, 0) is 23.1 Å². The molecule has 3 rings (SSSR count). The summed E-state index contributed by atoms with van der Waals surface area (Å²) in [5, 5.41) is 1.06. The van der Waals surface area contributed by atoms with Crippen LogP contribution in [0.2, 0.25) is 0 Å². The smallest absolute Gasteiger partial charge is 0.323 e. The van der Waals surface area contributed by atoms with Crippen molar-refractivity contribution in [3.8, 4) is 0 Å². The Morgan fingerprint density at radius 3 is 2.84 bits per heavy atom. The van der Waals surface area contributed by atoms with Gasteiger partial charge in [-0.1, -0.05) is 18.1 Å². The Labute approximate surface area is 148 Å². The van der Waals surface area contributed by atoms with Crippen molar-refractivity contribution >= 4 is 16.9 Å². The second-order valence-electron chi connectivity index (χ2n) is 6.83. The fourth-order valence-corrected chi connectivity index (χ4v) is 3.69. The molecular weight excluding hydrogens is 316 g/mol. The molecule has 1 aliphatic rings. The van der Waals surface area contributed by atoms with Gasteiger partial charge in [0.25, 0.3) is 5.56 Å². The Morgan fingerprint density at radius 1 is 1.28 bits per heavy atom. The van der Waals surface area contributed by atoms with Crippen LogP contribution in [-0.4, -0.2) is 34.6 Å². The van der Waals surface area contributed by atoms with Crippen LogP contribution in [0.15, 0.2) is 29.1 Å². The number of esters is 1. The lowest BCUT2D eigenvalue weighted by Crippen LogP contribution is -2.45. The molecule has 0 saturated carbocycles. The van der Waals surface area contributed by atoms with Crippen molar-refractivity contribution in [2.75, 3.05) is 13.2 Å². The lowest BCUT2D eigenvalue weighted by atomic mass is 10.0. The molecule has 0 aliphatic carbocycles. The third-order valence-corrected chi connectivity index (χ3v) is 5.00. The number of hydrogen-bond donors (Lipinski definition) is 0. The van der Waals surface area contributed by atoms with E-state index in [1.807, 2.05) is 39.1 Å². The highest BCUT2D eigenvalue weighted by Crippen LogP contribution is 2.22. The average molecular weight is 342 g/mol. The molecule has 2 heterocycles. The lowest BCUT2D eigenvalue weighted by Gasteiger charge is -2.33. The molecule has 1 atom stereocenters. The summed E-state index contributed by atoms with van der Waals surface area (Å²) in [4.78, 5) is 27.1. The molecule has 134 valence electrons. The summed E-state index contributed by atoms with van der Waals surface area (Å²) < 4.78 is 6.93. The van der Waals surface area contributed by atoms with Gasteiger partial charge in [-0.25, -0.2) is 0 Å². The number of pyridine rings is 1. The van der Waals surface area contributed by atoms with Gasteiger partial charge in [0.1, 0.15) is 6.04 Å². The molecule has 2 aromatic rings. The summed E-state index contributed by atoms with van der Waals surface area (Å²) in [5.41, 5.74) is 2.83. The van der Waals surface area contributed by atoms with E-state index in [1.54, 1.807) is 4.57 Å². The van der Waals surface area contributed by atoms with Gasteiger partial charge in [-0.2, -0.15) is 0 Å². The van der Waals surface area contributed by atoms with Crippen LogP contribution in [0.4, 0.5) is 0 Å². The Balaban J connectivity index is 1.94. The topological polar surface area (TPSA) is 51.5 Å². The Morgan fingerprint density at radius 2 is 2.08 bits per heavy atom. The maximum atomic E-state index is 12.8. The first-order valence-electron chi connectivity index (χ1n) is 9.01. The summed E-state index contributed by atoms with van der Waals surface area (Å²) in [6.07, 6.45) is 2.86. The number of piperidine rings is 1. The van der Waals surface area contributed by atoms with Gasteiger partial charge >= 0.3 is 5.97 Å². The molecule has 0 radical (unpaired) electrons. The van der Waals surface area contributed by atoms with Crippen molar-refractivity contribution in [1.82, 2.24) is 9.47 Å². The van der Waals surface area contributed by atoms with Crippen molar-refractivity contribution < 1.29 is 9.53 Å². The SMILES string of the molecule is CCOC(=O)[C@@H]1CCCCN1Cc1cc2cc(C)ccc2n(C)c1=O. The van der Waals surface area contributed by atoms with Crippen LogP contribution in [0.1, 0.15) is 37.3 Å². The standard InChI is InChI=1S/C20H26N2O3/c1-4-25-20(24)18-7-5-6-10-22(18)13-16-12-15-11-14(2)8-9-17(15)21(3)19(16)23/h8-9,11-12,18H,4-7,10,13H2,1-3H3/t18-/m0/s1. The van der Waals surface area contributed by atoms with Crippen LogP contribution >= 0.6 is 0 Å². The van der Waals surface area contributed by atoms with Gasteiger partial charge in [-0.3, -0.25) is 14.5 Å². The van der Waals surface area contributed by atoms with E-state index in [1.165, 1.54) is 5.56 Å². The number of carbonyl (C=O) groups is 1. The Hall–Kier alpha value is -2.14. The summed E-state index contributed by atoms with van der Waals surface area (Å²) in [6.45, 7) is 5.57. The zero-order valence-corrected chi connectivity index (χ0v) is 15.2. The van der Waals surface area contributed by atoms with Crippen molar-refractivity contribution in [2.24, 2.45) is 7.05 Å². The molecule has 1 saturated heterocycles. The number of aryl methyl sites for hydroxylation is 2. The maximum absolute atomic E-state index is 12.8. The highest BCUT2D eigenvalue weighted by atomic mass is 16.5. The average Bonchev–Trinajstić information content (AvgIpc) is 2.60. The highest BCUT2D eigenvalue weighted by Gasteiger charge is 2.30. The summed E-state index contributed by atoms with van der Waals surface area (Å²) in [7, 11) is 1.81. The number of aromatic nitrogens is 1. The third kappa shape index (κ3) is 3.61. The number of rotatable bonds is 4. The quantitative estimate of drug-likeness (QED) is 0.802. The van der Waals surface area contributed by atoms with Crippen molar-refractivity contribution in [1.29, 1.82) is 0 Å². The fourth-order valence-electron chi connectivity index (χ4n) is 3.69. The molecule has 0 unspecified atom stereocenters. The monoisotopic (exact) mass is 342 g/mol. The van der Waals surface area contributed by atoms with Gasteiger partial charge in [0.2, 0.25) is 0 Å². The first-order valence-corrected chi connectivity index (χ1v) is 9.01. The van der Waals surface area contributed by atoms with Crippen molar-refractivity contribution in [3.05, 3.63) is 45.7 Å². The van der Waals surface area contributed by atoms with E-state index >= 15 is 0 Å². The molecule has 5 nitrogen and oxygen atoms in total. The van der Waals surface area contributed by atoms with E-state index < -0.39 is 0 Å². The van der Waals surface area contributed by atoms with E-state index in [9.17, 15) is 9.59 Å². The van der Waals surface area contributed by atoms with Crippen molar-refractivity contribution in [3.63, 3.8) is 0 Å². The molecule has 0 N–H and O–H groups in total. The van der Waals surface area contributed by atoms with Gasteiger partial charge < -0.3 is 9.30 Å². The third-order valence-electron chi connectivity index (χ3n) is 5.00. The Bertz CT molecular complexity index is 841. The summed E-state index contributed by atoms with van der Waals surface area (Å²) in [6, 6.07) is 7.83. The minimum absolute atomic E-state index is 0.00420. The summed E-state index contributed by atoms with van der Waals surface area (Å²) >= 11 is 0. The van der Waals surface area contributed by atoms with E-state index in [-0.39, 0.29) is 17.6 Å². The molecule has 1 aromatic carbocycles. The number of benzene rings is 1. The van der Waals surface area contributed by atoms with Gasteiger partial charge in [0.15, 0.2) is 0 Å². The van der Waals surface area contributed by atoms with Gasteiger partial charge in [-0.05, 0) is 56.8 Å². The van der Waals surface area contributed by atoms with E-state index in [0.717, 1.165) is 42.3 Å². The predicted molar refractivity (Wildman–Crippen MR) is 98.6 cm³/mol. The molecule has 1 aliphatic heterocycles. The first-order chi connectivity index (χ1) is 12.0. The Kier molecular flexibility index (Phi) is 5.23. The lowest BCUT2D eigenvalue weighted by molar-refractivity contribution is -0.151. The largest absolute Gasteiger partial charge is 0.465 e. The molecule has 0 amide bonds. The van der Waals surface area contributed by atoms with Crippen LogP contribution < -0.4 is 5.56 Å². The fraction of sp³-hybridized carbons (Fsp3) is 0.500. The van der Waals surface area contributed by atoms with Gasteiger partial charge in [0, 0.05) is 19.2 Å². The second-order valence-corrected chi connectivity index (χ2v) is 6.83. The van der Waals surface area contributed by atoms with Gasteiger partial charge in [0.05, 0.1) is 12.1 Å². The normalized spacial score (nSPS) is 18.4. The van der Waals surface area contributed by atoms with Crippen LogP contribution in [0.5, 0.6) is 0 Å².